The standard InChI is InChI=1S/C16H34NS/c1-15(2,3)9-13-10-17(7,8)11-14(13)12-18-16(4,5)6/h13-14H,9-12H2,1-8H3/q+1. The van der Waals surface area contributed by atoms with Crippen LogP contribution < -0.4 is 0 Å². The second-order valence-electron chi connectivity index (χ2n) is 9.01. The quantitative estimate of drug-likeness (QED) is 0.691. The number of thioether (sulfide) groups is 1. The predicted octanol–water partition coefficient (Wildman–Crippen LogP) is 4.28. The van der Waals surface area contributed by atoms with Gasteiger partial charge in [-0.05, 0) is 11.8 Å². The Morgan fingerprint density at radius 3 is 1.89 bits per heavy atom. The Labute approximate surface area is 119 Å². The molecule has 18 heavy (non-hydrogen) atoms. The topological polar surface area (TPSA) is 0 Å². The van der Waals surface area contributed by atoms with Crippen molar-refractivity contribution in [3.05, 3.63) is 0 Å². The van der Waals surface area contributed by atoms with Gasteiger partial charge < -0.3 is 4.48 Å². The van der Waals surface area contributed by atoms with Crippen LogP contribution in [0.4, 0.5) is 0 Å². The minimum absolute atomic E-state index is 0.409. The maximum Gasteiger partial charge on any atom is 0.0824 e. The highest BCUT2D eigenvalue weighted by Crippen LogP contribution is 2.39. The molecule has 1 aliphatic rings. The van der Waals surface area contributed by atoms with Gasteiger partial charge in [0, 0.05) is 22.3 Å². The van der Waals surface area contributed by atoms with Gasteiger partial charge in [-0.25, -0.2) is 0 Å². The molecule has 0 saturated carbocycles. The average molecular weight is 273 g/mol. The molecule has 0 aromatic carbocycles. The van der Waals surface area contributed by atoms with E-state index in [0.29, 0.717) is 10.2 Å². The molecule has 2 atom stereocenters. The third-order valence-electron chi connectivity index (χ3n) is 3.73. The Kier molecular flexibility index (Phi) is 4.87. The lowest BCUT2D eigenvalue weighted by Gasteiger charge is -2.27. The van der Waals surface area contributed by atoms with Gasteiger partial charge >= 0.3 is 0 Å². The fraction of sp³-hybridized carbons (Fsp3) is 1.00. The van der Waals surface area contributed by atoms with Crippen LogP contribution in [0, 0.1) is 17.3 Å². The summed E-state index contributed by atoms with van der Waals surface area (Å²) in [7, 11) is 4.80. The molecule has 1 nitrogen and oxygen atoms in total. The molecule has 0 bridgehead atoms. The second kappa shape index (κ2) is 5.36. The molecule has 0 amide bonds. The van der Waals surface area contributed by atoms with Gasteiger partial charge in [0.25, 0.3) is 0 Å². The minimum atomic E-state index is 0.409. The van der Waals surface area contributed by atoms with Crippen LogP contribution in [0.2, 0.25) is 0 Å². The molecule has 0 spiro atoms. The lowest BCUT2D eigenvalue weighted by Crippen LogP contribution is -2.37. The molecule has 0 radical (unpaired) electrons. The van der Waals surface area contributed by atoms with Crippen LogP contribution in [0.25, 0.3) is 0 Å². The van der Waals surface area contributed by atoms with Crippen LogP contribution in [-0.2, 0) is 0 Å². The third-order valence-corrected chi connectivity index (χ3v) is 5.19. The van der Waals surface area contributed by atoms with Gasteiger partial charge in [0.1, 0.15) is 0 Å². The summed E-state index contributed by atoms with van der Waals surface area (Å²) < 4.78 is 1.63. The highest BCUT2D eigenvalue weighted by atomic mass is 32.2. The van der Waals surface area contributed by atoms with E-state index in [-0.39, 0.29) is 0 Å². The van der Waals surface area contributed by atoms with E-state index in [1.165, 1.54) is 29.7 Å². The summed E-state index contributed by atoms with van der Waals surface area (Å²) >= 11 is 2.15. The lowest BCUT2D eigenvalue weighted by molar-refractivity contribution is -0.880. The van der Waals surface area contributed by atoms with Crippen molar-refractivity contribution in [3.63, 3.8) is 0 Å². The van der Waals surface area contributed by atoms with E-state index in [0.717, 1.165) is 11.8 Å². The molecule has 1 heterocycles. The van der Waals surface area contributed by atoms with Crippen LogP contribution in [-0.4, -0.2) is 42.2 Å². The normalized spacial score (nSPS) is 28.7. The molecule has 2 heteroatoms. The molecule has 1 fully saturated rings. The molecule has 0 aliphatic carbocycles. The van der Waals surface area contributed by atoms with Gasteiger partial charge in [0.05, 0.1) is 27.2 Å². The zero-order valence-electron chi connectivity index (χ0n) is 13.8. The van der Waals surface area contributed by atoms with Crippen molar-refractivity contribution in [3.8, 4) is 0 Å². The number of nitrogens with zero attached hydrogens (tertiary/aromatic N) is 1. The number of likely N-dealkylation sites (tertiary alicyclic amines) is 1. The zero-order chi connectivity index (χ0) is 14.2. The SMILES string of the molecule is CC(C)(C)CC1C[N+](C)(C)CC1CSC(C)(C)C. The summed E-state index contributed by atoms with van der Waals surface area (Å²) in [5.74, 6) is 3.16. The molecule has 2 unspecified atom stereocenters. The molecule has 1 rings (SSSR count). The maximum atomic E-state index is 2.40. The van der Waals surface area contributed by atoms with Crippen LogP contribution in [0.3, 0.4) is 0 Å². The number of rotatable bonds is 3. The smallest absolute Gasteiger partial charge is 0.0824 e. The fourth-order valence-corrected chi connectivity index (χ4v) is 4.30. The van der Waals surface area contributed by atoms with E-state index < -0.39 is 0 Å². The van der Waals surface area contributed by atoms with Crippen molar-refractivity contribution in [1.82, 2.24) is 0 Å². The fourth-order valence-electron chi connectivity index (χ4n) is 3.21. The highest BCUT2D eigenvalue weighted by Gasteiger charge is 2.41. The minimum Gasteiger partial charge on any atom is -0.328 e. The molecular weight excluding hydrogens is 238 g/mol. The van der Waals surface area contributed by atoms with Crippen molar-refractivity contribution in [2.45, 2.75) is 52.7 Å². The molecular formula is C16H34NS+. The average Bonchev–Trinajstić information content (AvgIpc) is 2.32. The Hall–Kier alpha value is 0.310. The van der Waals surface area contributed by atoms with Crippen molar-refractivity contribution < 1.29 is 4.48 Å². The van der Waals surface area contributed by atoms with Crippen LogP contribution in [0.5, 0.6) is 0 Å². The maximum absolute atomic E-state index is 2.40. The van der Waals surface area contributed by atoms with E-state index in [9.17, 15) is 0 Å². The second-order valence-corrected chi connectivity index (χ2v) is 10.9. The number of hydrogen-bond acceptors (Lipinski definition) is 1. The lowest BCUT2D eigenvalue weighted by atomic mass is 9.81. The summed E-state index contributed by atoms with van der Waals surface area (Å²) in [6.45, 7) is 16.9. The van der Waals surface area contributed by atoms with Gasteiger partial charge in [0.15, 0.2) is 0 Å². The van der Waals surface area contributed by atoms with Gasteiger partial charge in [-0.1, -0.05) is 41.5 Å². The Morgan fingerprint density at radius 2 is 1.44 bits per heavy atom. The molecule has 1 saturated heterocycles. The molecule has 0 N–H and O–H groups in total. The first kappa shape index (κ1) is 16.4. The van der Waals surface area contributed by atoms with Crippen LogP contribution in [0.15, 0.2) is 0 Å². The molecule has 1 aliphatic heterocycles. The molecule has 0 aromatic heterocycles. The third kappa shape index (κ3) is 5.97. The number of quaternary nitrogens is 1. The van der Waals surface area contributed by atoms with E-state index in [1.807, 2.05) is 0 Å². The zero-order valence-corrected chi connectivity index (χ0v) is 14.7. The first-order chi connectivity index (χ1) is 7.88. The van der Waals surface area contributed by atoms with Crippen molar-refractivity contribution in [2.24, 2.45) is 17.3 Å². The van der Waals surface area contributed by atoms with Gasteiger partial charge in [-0.15, -0.1) is 0 Å². The first-order valence-electron chi connectivity index (χ1n) is 7.34. The summed E-state index contributed by atoms with van der Waals surface area (Å²) in [6, 6.07) is 0. The van der Waals surface area contributed by atoms with E-state index >= 15 is 0 Å². The number of hydrogen-bond donors (Lipinski definition) is 0. The van der Waals surface area contributed by atoms with E-state index in [1.54, 1.807) is 0 Å². The molecule has 0 aromatic rings. The Balaban J connectivity index is 2.62. The van der Waals surface area contributed by atoms with Crippen LogP contribution >= 0.6 is 11.8 Å². The summed E-state index contributed by atoms with van der Waals surface area (Å²) in [5, 5.41) is 0. The summed E-state index contributed by atoms with van der Waals surface area (Å²) in [6.07, 6.45) is 1.38. The van der Waals surface area contributed by atoms with Crippen molar-refractivity contribution in [2.75, 3.05) is 32.9 Å². The Morgan fingerprint density at radius 1 is 0.944 bits per heavy atom. The largest absolute Gasteiger partial charge is 0.328 e. The van der Waals surface area contributed by atoms with E-state index in [2.05, 4.69) is 67.4 Å². The Bertz CT molecular complexity index is 270. The summed E-state index contributed by atoms with van der Waals surface area (Å²) in [5.41, 5.74) is 0.472. The predicted molar refractivity (Wildman–Crippen MR) is 85.1 cm³/mol. The van der Waals surface area contributed by atoms with Gasteiger partial charge in [-0.2, -0.15) is 11.8 Å². The van der Waals surface area contributed by atoms with Gasteiger partial charge in [-0.3, -0.25) is 0 Å². The van der Waals surface area contributed by atoms with Gasteiger partial charge in [0.2, 0.25) is 0 Å². The first-order valence-corrected chi connectivity index (χ1v) is 8.33. The highest BCUT2D eigenvalue weighted by molar-refractivity contribution is 8.00. The summed E-state index contributed by atoms with van der Waals surface area (Å²) in [4.78, 5) is 0. The monoisotopic (exact) mass is 272 g/mol. The molecule has 108 valence electrons. The van der Waals surface area contributed by atoms with Crippen LogP contribution in [0.1, 0.15) is 48.0 Å². The van der Waals surface area contributed by atoms with Crippen molar-refractivity contribution in [1.29, 1.82) is 0 Å². The van der Waals surface area contributed by atoms with Crippen molar-refractivity contribution >= 4 is 11.8 Å². The van der Waals surface area contributed by atoms with E-state index in [4.69, 9.17) is 0 Å².